The van der Waals surface area contributed by atoms with Crippen molar-refractivity contribution >= 4 is 34.1 Å². The number of aromatic nitrogens is 1. The molecule has 1 aromatic heterocycles. The molecule has 0 bridgehead atoms. The van der Waals surface area contributed by atoms with E-state index < -0.39 is 0 Å². The first-order valence-corrected chi connectivity index (χ1v) is 6.28. The molecule has 1 heterocycles. The number of thioether (sulfide) groups is 1. The molecule has 3 nitrogen and oxygen atoms in total. The predicted octanol–water partition coefficient (Wildman–Crippen LogP) is 2.22. The highest BCUT2D eigenvalue weighted by molar-refractivity contribution is 7.98. The Hall–Kier alpha value is -0.550. The summed E-state index contributed by atoms with van der Waals surface area (Å²) in [4.78, 5) is 15.2. The first-order chi connectivity index (χ1) is 6.33. The normalized spacial score (nSPS) is 9.92. The molecule has 0 aliphatic heterocycles. The highest BCUT2D eigenvalue weighted by Gasteiger charge is 2.02. The molecular weight excluding hydrogens is 204 g/mol. The molecule has 1 aromatic rings. The van der Waals surface area contributed by atoms with Gasteiger partial charge in [-0.25, -0.2) is 4.98 Å². The van der Waals surface area contributed by atoms with Gasteiger partial charge in [0.1, 0.15) is 0 Å². The topological polar surface area (TPSA) is 42.0 Å². The van der Waals surface area contributed by atoms with Gasteiger partial charge < -0.3 is 5.32 Å². The van der Waals surface area contributed by atoms with Crippen molar-refractivity contribution in [3.8, 4) is 0 Å². The average molecular weight is 216 g/mol. The van der Waals surface area contributed by atoms with Gasteiger partial charge in [-0.05, 0) is 18.4 Å². The number of rotatable bonds is 5. The van der Waals surface area contributed by atoms with Crippen LogP contribution in [-0.2, 0) is 4.79 Å². The van der Waals surface area contributed by atoms with Crippen LogP contribution in [0.25, 0.3) is 0 Å². The van der Waals surface area contributed by atoms with Gasteiger partial charge in [-0.15, -0.1) is 11.3 Å². The molecule has 0 saturated heterocycles. The minimum absolute atomic E-state index is 0.0593. The summed E-state index contributed by atoms with van der Waals surface area (Å²) in [6.07, 6.45) is 5.24. The van der Waals surface area contributed by atoms with E-state index in [-0.39, 0.29) is 5.91 Å². The zero-order valence-corrected chi connectivity index (χ0v) is 9.08. The summed E-state index contributed by atoms with van der Waals surface area (Å²) in [6, 6.07) is 0. The number of nitrogens with zero attached hydrogens (tertiary/aromatic N) is 1. The van der Waals surface area contributed by atoms with Gasteiger partial charge >= 0.3 is 0 Å². The van der Waals surface area contributed by atoms with E-state index in [1.165, 1.54) is 11.3 Å². The van der Waals surface area contributed by atoms with Crippen LogP contribution in [0.5, 0.6) is 0 Å². The largest absolute Gasteiger partial charge is 0.302 e. The van der Waals surface area contributed by atoms with Crippen molar-refractivity contribution in [2.45, 2.75) is 12.8 Å². The van der Waals surface area contributed by atoms with Gasteiger partial charge in [0.25, 0.3) is 0 Å². The lowest BCUT2D eigenvalue weighted by Crippen LogP contribution is -2.10. The van der Waals surface area contributed by atoms with Crippen LogP contribution < -0.4 is 5.32 Å². The third kappa shape index (κ3) is 4.28. The lowest BCUT2D eigenvalue weighted by Gasteiger charge is -1.99. The third-order valence-electron chi connectivity index (χ3n) is 1.43. The molecule has 0 saturated carbocycles. The van der Waals surface area contributed by atoms with Crippen LogP contribution in [0.3, 0.4) is 0 Å². The summed E-state index contributed by atoms with van der Waals surface area (Å²) < 4.78 is 0. The molecule has 0 aliphatic carbocycles. The van der Waals surface area contributed by atoms with Crippen molar-refractivity contribution in [3.63, 3.8) is 0 Å². The molecule has 13 heavy (non-hydrogen) atoms. The van der Waals surface area contributed by atoms with Gasteiger partial charge in [-0.2, -0.15) is 11.8 Å². The summed E-state index contributed by atoms with van der Waals surface area (Å²) in [5, 5.41) is 5.27. The summed E-state index contributed by atoms with van der Waals surface area (Å²) in [5.41, 5.74) is 0. The minimum Gasteiger partial charge on any atom is -0.302 e. The van der Waals surface area contributed by atoms with Crippen LogP contribution in [0.2, 0.25) is 0 Å². The molecule has 5 heteroatoms. The van der Waals surface area contributed by atoms with E-state index in [9.17, 15) is 4.79 Å². The summed E-state index contributed by atoms with van der Waals surface area (Å²) in [5.74, 6) is 1.09. The van der Waals surface area contributed by atoms with Crippen molar-refractivity contribution in [2.24, 2.45) is 0 Å². The van der Waals surface area contributed by atoms with Crippen molar-refractivity contribution in [2.75, 3.05) is 17.3 Å². The highest BCUT2D eigenvalue weighted by atomic mass is 32.2. The second-order valence-electron chi connectivity index (χ2n) is 2.48. The van der Waals surface area contributed by atoms with Gasteiger partial charge in [-0.3, -0.25) is 4.79 Å². The van der Waals surface area contributed by atoms with Gasteiger partial charge in [-0.1, -0.05) is 0 Å². The molecule has 0 aliphatic rings. The lowest BCUT2D eigenvalue weighted by atomic mass is 10.3. The Morgan fingerprint density at radius 1 is 1.77 bits per heavy atom. The second kappa shape index (κ2) is 5.99. The van der Waals surface area contributed by atoms with Gasteiger partial charge in [0, 0.05) is 18.0 Å². The zero-order valence-electron chi connectivity index (χ0n) is 7.45. The molecule has 0 atom stereocenters. The quantitative estimate of drug-likeness (QED) is 0.767. The Morgan fingerprint density at radius 3 is 3.23 bits per heavy atom. The maximum atomic E-state index is 11.2. The molecule has 0 aromatic carbocycles. The second-order valence-corrected chi connectivity index (χ2v) is 4.36. The van der Waals surface area contributed by atoms with Crippen LogP contribution in [0.15, 0.2) is 11.6 Å². The van der Waals surface area contributed by atoms with Crippen LogP contribution in [-0.4, -0.2) is 22.9 Å². The van der Waals surface area contributed by atoms with Crippen LogP contribution in [0, 0.1) is 0 Å². The standard InChI is InChI=1S/C8H12N2OS2/c1-12-5-2-3-7(11)10-8-9-4-6-13-8/h4,6H,2-3,5H2,1H3,(H,9,10,11). The van der Waals surface area contributed by atoms with Crippen LogP contribution in [0.4, 0.5) is 5.13 Å². The fourth-order valence-corrected chi connectivity index (χ4v) is 1.82. The third-order valence-corrected chi connectivity index (χ3v) is 2.82. The SMILES string of the molecule is CSCCCC(=O)Nc1nccs1. The fourth-order valence-electron chi connectivity index (χ4n) is 0.844. The van der Waals surface area contributed by atoms with E-state index in [0.717, 1.165) is 12.2 Å². The molecule has 72 valence electrons. The number of amides is 1. The molecule has 0 radical (unpaired) electrons. The van der Waals surface area contributed by atoms with E-state index in [1.54, 1.807) is 18.0 Å². The summed E-state index contributed by atoms with van der Waals surface area (Å²) >= 11 is 3.20. The number of carbonyl (C=O) groups excluding carboxylic acids is 1. The fraction of sp³-hybridized carbons (Fsp3) is 0.500. The Kier molecular flexibility index (Phi) is 4.85. The van der Waals surface area contributed by atoms with E-state index in [1.807, 2.05) is 11.6 Å². The van der Waals surface area contributed by atoms with E-state index >= 15 is 0 Å². The predicted molar refractivity (Wildman–Crippen MR) is 58.4 cm³/mol. The smallest absolute Gasteiger partial charge is 0.226 e. The lowest BCUT2D eigenvalue weighted by molar-refractivity contribution is -0.116. The number of nitrogens with one attached hydrogen (secondary N) is 1. The van der Waals surface area contributed by atoms with E-state index in [0.29, 0.717) is 11.6 Å². The summed E-state index contributed by atoms with van der Waals surface area (Å²) in [7, 11) is 0. The Balaban J connectivity index is 2.18. The van der Waals surface area contributed by atoms with Gasteiger partial charge in [0.05, 0.1) is 0 Å². The van der Waals surface area contributed by atoms with Crippen LogP contribution in [0.1, 0.15) is 12.8 Å². The first kappa shape index (κ1) is 10.5. The number of thiazole rings is 1. The molecule has 1 rings (SSSR count). The molecule has 1 amide bonds. The number of anilines is 1. The Morgan fingerprint density at radius 2 is 2.62 bits per heavy atom. The molecule has 0 spiro atoms. The summed E-state index contributed by atoms with van der Waals surface area (Å²) in [6.45, 7) is 0. The Bertz CT molecular complexity index is 249. The zero-order chi connectivity index (χ0) is 9.52. The van der Waals surface area contributed by atoms with Crippen molar-refractivity contribution in [3.05, 3.63) is 11.6 Å². The van der Waals surface area contributed by atoms with Crippen molar-refractivity contribution in [1.82, 2.24) is 4.98 Å². The molecule has 0 fully saturated rings. The van der Waals surface area contributed by atoms with Gasteiger partial charge in [0.2, 0.25) is 5.91 Å². The van der Waals surface area contributed by atoms with Crippen molar-refractivity contribution in [1.29, 1.82) is 0 Å². The molecule has 0 unspecified atom stereocenters. The van der Waals surface area contributed by atoms with E-state index in [4.69, 9.17) is 0 Å². The maximum absolute atomic E-state index is 11.2. The maximum Gasteiger partial charge on any atom is 0.226 e. The number of hydrogen-bond acceptors (Lipinski definition) is 4. The first-order valence-electron chi connectivity index (χ1n) is 4.01. The number of hydrogen-bond donors (Lipinski definition) is 1. The number of carbonyl (C=O) groups is 1. The monoisotopic (exact) mass is 216 g/mol. The average Bonchev–Trinajstić information content (AvgIpc) is 2.57. The van der Waals surface area contributed by atoms with Gasteiger partial charge in [0.15, 0.2) is 5.13 Å². The highest BCUT2D eigenvalue weighted by Crippen LogP contribution is 2.11. The minimum atomic E-state index is 0.0593. The van der Waals surface area contributed by atoms with E-state index in [2.05, 4.69) is 10.3 Å². The molecular formula is C8H12N2OS2. The van der Waals surface area contributed by atoms with Crippen molar-refractivity contribution < 1.29 is 4.79 Å². The Labute approximate surface area is 86.0 Å². The molecule has 1 N–H and O–H groups in total. The van der Waals surface area contributed by atoms with Crippen LogP contribution >= 0.6 is 23.1 Å².